The molecule has 0 saturated carbocycles. The van der Waals surface area contributed by atoms with Gasteiger partial charge >= 0.3 is 12.3 Å². The molecule has 0 aromatic heterocycles. The maximum atomic E-state index is 11.2. The zero-order valence-electron chi connectivity index (χ0n) is 5.01. The number of hydrogen-bond donors (Lipinski definition) is 0. The van der Waals surface area contributed by atoms with Gasteiger partial charge in [-0.15, -0.1) is 24.7 Å². The van der Waals surface area contributed by atoms with Gasteiger partial charge in [0.2, 0.25) is 0 Å². The smallest absolute Gasteiger partial charge is 0.149 e. The third-order valence-corrected chi connectivity index (χ3v) is 0.773. The maximum absolute atomic E-state index is 11.2. The van der Waals surface area contributed by atoms with Crippen LogP contribution in [0.3, 0.4) is 0 Å². The minimum Gasteiger partial charge on any atom is -0.149 e. The largest absolute Gasteiger partial charge is 0.436 e. The van der Waals surface area contributed by atoms with Crippen molar-refractivity contribution in [3.8, 4) is 0 Å². The Morgan fingerprint density at radius 1 is 0.750 bits per heavy atom. The number of halogens is 5. The predicted molar refractivity (Wildman–Crippen MR) is 17.5 cm³/mol. The summed E-state index contributed by atoms with van der Waals surface area (Å²) in [4.78, 5) is 11.5. The van der Waals surface area contributed by atoms with Crippen molar-refractivity contribution in [3.63, 3.8) is 0 Å². The molecular formula is C2HF5O5. The second kappa shape index (κ2) is 5.16. The lowest BCUT2D eigenvalue weighted by Crippen LogP contribution is -2.46. The van der Waals surface area contributed by atoms with E-state index in [4.69, 9.17) is 0 Å². The van der Waals surface area contributed by atoms with Crippen molar-refractivity contribution in [2.24, 2.45) is 0 Å². The highest BCUT2D eigenvalue weighted by atomic mass is 19.3. The van der Waals surface area contributed by atoms with E-state index in [0.717, 1.165) is 0 Å². The average Bonchev–Trinajstić information content (AvgIpc) is 2.14. The Balaban J connectivity index is 4.42. The van der Waals surface area contributed by atoms with E-state index in [1.807, 2.05) is 0 Å². The molecule has 74 valence electrons. The van der Waals surface area contributed by atoms with Gasteiger partial charge in [-0.2, -0.15) is 0 Å². The lowest BCUT2D eigenvalue weighted by molar-refractivity contribution is -0.609. The fraction of sp³-hybridized carbons (Fsp3) is 1.00. The molecule has 0 saturated heterocycles. The molecule has 0 aromatic carbocycles. The van der Waals surface area contributed by atoms with E-state index < -0.39 is 12.3 Å². The summed E-state index contributed by atoms with van der Waals surface area (Å²) >= 11 is 0. The highest BCUT2D eigenvalue weighted by molar-refractivity contribution is 4.54. The minimum absolute atomic E-state index is 2.26. The standard InChI is InChI=1S/C2HF5O5/c3-8-1(9-4)2(10-5,11-6)12-7/h1H. The summed E-state index contributed by atoms with van der Waals surface area (Å²) in [6.45, 7) is 0. The molecule has 0 fully saturated rings. The molecule has 0 N–H and O–H groups in total. The quantitative estimate of drug-likeness (QED) is 0.479. The molecule has 0 aliphatic heterocycles. The molecule has 0 spiro atoms. The van der Waals surface area contributed by atoms with E-state index in [1.54, 1.807) is 0 Å². The van der Waals surface area contributed by atoms with Crippen molar-refractivity contribution in [1.29, 1.82) is 0 Å². The average molecular weight is 200 g/mol. The third-order valence-electron chi connectivity index (χ3n) is 0.773. The fourth-order valence-electron chi connectivity index (χ4n) is 0.268. The molecule has 12 heavy (non-hydrogen) atoms. The number of hydrogen-bond acceptors (Lipinski definition) is 5. The molecule has 0 aromatic rings. The van der Waals surface area contributed by atoms with Gasteiger partial charge < -0.3 is 0 Å². The Labute approximate surface area is 61.0 Å². The van der Waals surface area contributed by atoms with Crippen molar-refractivity contribution >= 4 is 0 Å². The van der Waals surface area contributed by atoms with Crippen LogP contribution in [0.1, 0.15) is 0 Å². The van der Waals surface area contributed by atoms with Crippen LogP contribution in [0.5, 0.6) is 0 Å². The van der Waals surface area contributed by atoms with Crippen molar-refractivity contribution in [2.75, 3.05) is 0 Å². The normalized spacial score (nSPS) is 12.5. The molecule has 0 rings (SSSR count). The number of rotatable bonds is 6. The minimum atomic E-state index is -4.05. The summed E-state index contributed by atoms with van der Waals surface area (Å²) in [5, 5.41) is 0. The van der Waals surface area contributed by atoms with E-state index in [-0.39, 0.29) is 0 Å². The van der Waals surface area contributed by atoms with E-state index in [1.165, 1.54) is 0 Å². The van der Waals surface area contributed by atoms with Crippen molar-refractivity contribution < 1.29 is 47.3 Å². The summed E-state index contributed by atoms with van der Waals surface area (Å²) in [5.41, 5.74) is 0. The first kappa shape index (κ1) is 11.4. The van der Waals surface area contributed by atoms with Gasteiger partial charge in [0.05, 0.1) is 0 Å². The van der Waals surface area contributed by atoms with Crippen LogP contribution in [0, 0.1) is 0 Å². The van der Waals surface area contributed by atoms with Crippen molar-refractivity contribution in [1.82, 2.24) is 0 Å². The van der Waals surface area contributed by atoms with Crippen LogP contribution in [0.2, 0.25) is 0 Å². The second-order valence-electron chi connectivity index (χ2n) is 1.35. The molecule has 10 heteroatoms. The first-order valence-electron chi connectivity index (χ1n) is 2.14. The van der Waals surface area contributed by atoms with Gasteiger partial charge in [0.15, 0.2) is 0 Å². The summed E-state index contributed by atoms with van der Waals surface area (Å²) in [7, 11) is 0. The van der Waals surface area contributed by atoms with Gasteiger partial charge in [-0.1, -0.05) is 0 Å². The zero-order valence-corrected chi connectivity index (χ0v) is 5.01. The van der Waals surface area contributed by atoms with E-state index in [0.29, 0.717) is 0 Å². The van der Waals surface area contributed by atoms with Gasteiger partial charge in [-0.05, 0) is 22.6 Å². The Morgan fingerprint density at radius 3 is 1.17 bits per heavy atom. The molecule has 0 aliphatic rings. The van der Waals surface area contributed by atoms with Gasteiger partial charge in [0, 0.05) is 0 Å². The highest BCUT2D eigenvalue weighted by Crippen LogP contribution is 2.25. The topological polar surface area (TPSA) is 46.2 Å². The van der Waals surface area contributed by atoms with Crippen LogP contribution in [0.15, 0.2) is 0 Å². The van der Waals surface area contributed by atoms with Gasteiger partial charge in [-0.25, -0.2) is 0 Å². The summed E-state index contributed by atoms with van der Waals surface area (Å²) in [6, 6.07) is 0. The Kier molecular flexibility index (Phi) is 4.92. The first-order valence-corrected chi connectivity index (χ1v) is 2.14. The van der Waals surface area contributed by atoms with Crippen molar-refractivity contribution in [3.05, 3.63) is 0 Å². The highest BCUT2D eigenvalue weighted by Gasteiger charge is 2.53. The second-order valence-corrected chi connectivity index (χ2v) is 1.35. The molecule has 0 amide bonds. The SMILES string of the molecule is FOC(OF)C(OF)(OF)OF. The van der Waals surface area contributed by atoms with Crippen LogP contribution in [-0.2, 0) is 24.7 Å². The van der Waals surface area contributed by atoms with Crippen LogP contribution >= 0.6 is 0 Å². The summed E-state index contributed by atoms with van der Waals surface area (Å²) in [5.74, 6) is -4.05. The molecular weight excluding hydrogens is 199 g/mol. The van der Waals surface area contributed by atoms with Crippen LogP contribution in [0.25, 0.3) is 0 Å². The molecule has 0 heterocycles. The van der Waals surface area contributed by atoms with E-state index >= 15 is 0 Å². The van der Waals surface area contributed by atoms with Gasteiger partial charge in [0.1, 0.15) is 0 Å². The fourth-order valence-corrected chi connectivity index (χ4v) is 0.268. The maximum Gasteiger partial charge on any atom is 0.436 e. The van der Waals surface area contributed by atoms with Crippen LogP contribution in [-0.4, -0.2) is 12.3 Å². The Bertz CT molecular complexity index is 106. The zero-order chi connectivity index (χ0) is 9.61. The lowest BCUT2D eigenvalue weighted by atomic mass is 10.5. The first-order chi connectivity index (χ1) is 5.70. The Hall–Kier alpha value is -0.550. The molecule has 0 unspecified atom stereocenters. The van der Waals surface area contributed by atoms with Gasteiger partial charge in [-0.3, -0.25) is 0 Å². The lowest BCUT2D eigenvalue weighted by Gasteiger charge is -2.20. The van der Waals surface area contributed by atoms with E-state index in [2.05, 4.69) is 24.7 Å². The summed E-state index contributed by atoms with van der Waals surface area (Å²) in [6.07, 6.45) is -3.18. The van der Waals surface area contributed by atoms with Gasteiger partial charge in [0.25, 0.3) is 0 Å². The molecule has 0 radical (unpaired) electrons. The van der Waals surface area contributed by atoms with Crippen LogP contribution in [0.4, 0.5) is 22.6 Å². The van der Waals surface area contributed by atoms with Crippen molar-refractivity contribution in [2.45, 2.75) is 12.3 Å². The van der Waals surface area contributed by atoms with E-state index in [9.17, 15) is 22.6 Å². The third kappa shape index (κ3) is 1.98. The molecule has 0 atom stereocenters. The Morgan fingerprint density at radius 2 is 1.08 bits per heavy atom. The summed E-state index contributed by atoms with van der Waals surface area (Å²) < 4.78 is 55.9. The van der Waals surface area contributed by atoms with Crippen LogP contribution < -0.4 is 0 Å². The predicted octanol–water partition coefficient (Wildman–Crippen LogP) is 1.47. The molecule has 0 aliphatic carbocycles. The molecule has 5 nitrogen and oxygen atoms in total. The molecule has 0 bridgehead atoms. The monoisotopic (exact) mass is 200 g/mol.